The normalized spacial score (nSPS) is 22.0. The lowest BCUT2D eigenvalue weighted by Crippen LogP contribution is -2.44. The predicted molar refractivity (Wildman–Crippen MR) is 174 cm³/mol. The predicted octanol–water partition coefficient (Wildman–Crippen LogP) is 0.881. The fourth-order valence-corrected chi connectivity index (χ4v) is 6.36. The minimum atomic E-state index is -0.522. The van der Waals surface area contributed by atoms with E-state index in [1.54, 1.807) is 27.7 Å². The molecule has 2 aromatic carbocycles. The Balaban J connectivity index is 1.70. The van der Waals surface area contributed by atoms with E-state index in [4.69, 9.17) is 0 Å². The molecular formula is C33H54N6O4. The molecule has 10 heteroatoms. The van der Waals surface area contributed by atoms with E-state index in [2.05, 4.69) is 67.5 Å². The van der Waals surface area contributed by atoms with Gasteiger partial charge in [-0.1, -0.05) is 24.3 Å². The Morgan fingerprint density at radius 2 is 0.977 bits per heavy atom. The molecule has 2 aromatic rings. The van der Waals surface area contributed by atoms with E-state index in [0.717, 1.165) is 57.1 Å². The van der Waals surface area contributed by atoms with Gasteiger partial charge in [-0.25, -0.2) is 0 Å². The van der Waals surface area contributed by atoms with Crippen LogP contribution in [0.3, 0.4) is 0 Å². The first-order chi connectivity index (χ1) is 20.6. The van der Waals surface area contributed by atoms with Crippen LogP contribution >= 0.6 is 0 Å². The van der Waals surface area contributed by atoms with E-state index < -0.39 is 24.4 Å². The Hall–Kier alpha value is -2.28. The van der Waals surface area contributed by atoms with Crippen molar-refractivity contribution in [2.75, 3.05) is 75.2 Å². The third-order valence-electron chi connectivity index (χ3n) is 8.04. The van der Waals surface area contributed by atoms with Crippen LogP contribution in [0.15, 0.2) is 36.4 Å². The number of hydrogen-bond donors (Lipinski definition) is 8. The highest BCUT2D eigenvalue weighted by molar-refractivity contribution is 5.59. The number of nitrogens with one attached hydrogen (secondary N) is 4. The zero-order valence-corrected chi connectivity index (χ0v) is 26.4. The van der Waals surface area contributed by atoms with Crippen molar-refractivity contribution < 1.29 is 20.4 Å². The topological polar surface area (TPSA) is 136 Å². The van der Waals surface area contributed by atoms with Gasteiger partial charge < -0.3 is 51.5 Å². The van der Waals surface area contributed by atoms with Crippen LogP contribution < -0.4 is 31.1 Å². The maximum Gasteiger partial charge on any atom is 0.0687 e. The SMILES string of the molecule is CC(O)CN(CC(C)O)c1ccc(Cc2ccc(N(CC(C)O)CC(C)O)c(C3CNCCN3)c2)cc1C1CNCCN1. The summed E-state index contributed by atoms with van der Waals surface area (Å²) in [5, 5.41) is 55.3. The Kier molecular flexibility index (Phi) is 12.6. The summed E-state index contributed by atoms with van der Waals surface area (Å²) in [5.74, 6) is 0. The highest BCUT2D eigenvalue weighted by Crippen LogP contribution is 2.32. The van der Waals surface area contributed by atoms with Gasteiger partial charge in [-0.3, -0.25) is 0 Å². The summed E-state index contributed by atoms with van der Waals surface area (Å²) in [5.41, 5.74) is 6.79. The van der Waals surface area contributed by atoms with E-state index in [9.17, 15) is 20.4 Å². The third kappa shape index (κ3) is 9.86. The van der Waals surface area contributed by atoms with Crippen molar-refractivity contribution in [1.29, 1.82) is 0 Å². The van der Waals surface area contributed by atoms with Crippen molar-refractivity contribution in [3.05, 3.63) is 58.7 Å². The van der Waals surface area contributed by atoms with Crippen LogP contribution in [0.5, 0.6) is 0 Å². The van der Waals surface area contributed by atoms with Crippen molar-refractivity contribution >= 4 is 11.4 Å². The molecule has 10 nitrogen and oxygen atoms in total. The monoisotopic (exact) mass is 598 g/mol. The lowest BCUT2D eigenvalue weighted by Gasteiger charge is -2.34. The van der Waals surface area contributed by atoms with Crippen LogP contribution in [0, 0.1) is 0 Å². The number of hydrogen-bond acceptors (Lipinski definition) is 10. The van der Waals surface area contributed by atoms with E-state index >= 15 is 0 Å². The van der Waals surface area contributed by atoms with Gasteiger partial charge >= 0.3 is 0 Å². The number of aliphatic hydroxyl groups excluding tert-OH is 4. The minimum Gasteiger partial charge on any atom is -0.392 e. The molecule has 6 unspecified atom stereocenters. The summed E-state index contributed by atoms with van der Waals surface area (Å²) >= 11 is 0. The van der Waals surface area contributed by atoms with Gasteiger partial charge in [-0.15, -0.1) is 0 Å². The van der Waals surface area contributed by atoms with Gasteiger partial charge in [0.15, 0.2) is 0 Å². The third-order valence-corrected chi connectivity index (χ3v) is 8.04. The van der Waals surface area contributed by atoms with E-state index in [1.165, 1.54) is 22.3 Å². The molecule has 0 bridgehead atoms. The molecule has 43 heavy (non-hydrogen) atoms. The molecule has 2 aliphatic heterocycles. The van der Waals surface area contributed by atoms with Crippen molar-refractivity contribution in [3.63, 3.8) is 0 Å². The van der Waals surface area contributed by atoms with Gasteiger partial charge in [-0.05, 0) is 68.5 Å². The molecule has 2 saturated heterocycles. The van der Waals surface area contributed by atoms with Crippen LogP contribution in [-0.4, -0.2) is 110 Å². The molecule has 240 valence electrons. The van der Waals surface area contributed by atoms with Crippen LogP contribution in [0.25, 0.3) is 0 Å². The molecule has 0 saturated carbocycles. The van der Waals surface area contributed by atoms with Crippen molar-refractivity contribution in [1.82, 2.24) is 21.3 Å². The number of rotatable bonds is 14. The van der Waals surface area contributed by atoms with Crippen LogP contribution in [0.1, 0.15) is 62.0 Å². The Morgan fingerprint density at radius 3 is 1.28 bits per heavy atom. The molecule has 6 atom stereocenters. The number of aliphatic hydroxyl groups is 4. The van der Waals surface area contributed by atoms with Gasteiger partial charge in [0.25, 0.3) is 0 Å². The highest BCUT2D eigenvalue weighted by atomic mass is 16.3. The molecule has 4 rings (SSSR count). The Labute approximate surface area is 257 Å². The van der Waals surface area contributed by atoms with Crippen molar-refractivity contribution in [3.8, 4) is 0 Å². The largest absolute Gasteiger partial charge is 0.392 e. The van der Waals surface area contributed by atoms with Gasteiger partial charge in [0.2, 0.25) is 0 Å². The van der Waals surface area contributed by atoms with Crippen molar-refractivity contribution in [2.24, 2.45) is 0 Å². The fourth-order valence-electron chi connectivity index (χ4n) is 6.36. The summed E-state index contributed by atoms with van der Waals surface area (Å²) in [4.78, 5) is 4.19. The Morgan fingerprint density at radius 1 is 0.605 bits per heavy atom. The van der Waals surface area contributed by atoms with Gasteiger partial charge in [0.1, 0.15) is 0 Å². The first-order valence-electron chi connectivity index (χ1n) is 16.0. The van der Waals surface area contributed by atoms with Crippen molar-refractivity contribution in [2.45, 2.75) is 70.6 Å². The quantitative estimate of drug-likeness (QED) is 0.158. The standard InChI is InChI=1S/C33H54N6O4/c1-22(40)18-38(19-23(2)41)32-7-5-26(14-28(32)30-16-34-9-11-36-30)13-27-6-8-33(39(20-24(3)42)21-25(4)43)29(15-27)31-17-35-10-12-37-31/h5-8,14-15,22-25,30-31,34-37,40-43H,9-13,16-21H2,1-4H3. The maximum atomic E-state index is 10.2. The molecule has 2 heterocycles. The highest BCUT2D eigenvalue weighted by Gasteiger charge is 2.25. The number of anilines is 2. The first-order valence-corrected chi connectivity index (χ1v) is 16.0. The smallest absolute Gasteiger partial charge is 0.0687 e. The second kappa shape index (κ2) is 16.2. The molecule has 8 N–H and O–H groups in total. The van der Waals surface area contributed by atoms with Crippen LogP contribution in [0.4, 0.5) is 11.4 Å². The van der Waals surface area contributed by atoms with Crippen LogP contribution in [-0.2, 0) is 6.42 Å². The summed E-state index contributed by atoms with van der Waals surface area (Å²) in [7, 11) is 0. The fraction of sp³-hybridized carbons (Fsp3) is 0.636. The zero-order chi connectivity index (χ0) is 30.9. The molecular weight excluding hydrogens is 544 g/mol. The van der Waals surface area contributed by atoms with Gasteiger partial charge in [0.05, 0.1) is 24.4 Å². The lowest BCUT2D eigenvalue weighted by molar-refractivity contribution is 0.177. The second-order valence-corrected chi connectivity index (χ2v) is 12.6. The first kappa shape index (κ1) is 33.6. The molecule has 2 aliphatic rings. The van der Waals surface area contributed by atoms with Gasteiger partial charge in [0, 0.05) is 88.9 Å². The summed E-state index contributed by atoms with van der Waals surface area (Å²) in [6.45, 7) is 14.2. The maximum absolute atomic E-state index is 10.2. The van der Waals surface area contributed by atoms with E-state index in [1.807, 2.05) is 0 Å². The molecule has 0 aliphatic carbocycles. The van der Waals surface area contributed by atoms with Crippen LogP contribution in [0.2, 0.25) is 0 Å². The minimum absolute atomic E-state index is 0.124. The second-order valence-electron chi connectivity index (χ2n) is 12.6. The van der Waals surface area contributed by atoms with Gasteiger partial charge in [-0.2, -0.15) is 0 Å². The summed E-state index contributed by atoms with van der Waals surface area (Å²) < 4.78 is 0. The molecule has 0 amide bonds. The van der Waals surface area contributed by atoms with E-state index in [-0.39, 0.29) is 12.1 Å². The molecule has 0 spiro atoms. The molecule has 0 radical (unpaired) electrons. The Bertz CT molecular complexity index is 1020. The average Bonchev–Trinajstić information content (AvgIpc) is 2.96. The number of piperazine rings is 2. The molecule has 2 fully saturated rings. The number of nitrogens with zero attached hydrogens (tertiary/aromatic N) is 2. The van der Waals surface area contributed by atoms with E-state index in [0.29, 0.717) is 26.2 Å². The molecule has 0 aromatic heterocycles. The average molecular weight is 599 g/mol. The lowest BCUT2D eigenvalue weighted by atomic mass is 9.93. The summed E-state index contributed by atoms with van der Waals surface area (Å²) in [6, 6.07) is 13.4. The number of benzene rings is 2. The zero-order valence-electron chi connectivity index (χ0n) is 26.4. The summed E-state index contributed by atoms with van der Waals surface area (Å²) in [6.07, 6.45) is -1.34.